The number of carbonyl (C=O) groups excluding carboxylic acids is 1. The minimum absolute atomic E-state index is 0.473. The molecule has 1 amide bonds. The van der Waals surface area contributed by atoms with E-state index in [-0.39, 0.29) is 0 Å². The van der Waals surface area contributed by atoms with Gasteiger partial charge in [0.25, 0.3) is 0 Å². The van der Waals surface area contributed by atoms with Crippen LogP contribution in [0.25, 0.3) is 0 Å². The molecule has 2 rings (SSSR count). The first-order valence-electron chi connectivity index (χ1n) is 4.73. The monoisotopic (exact) mass is 293 g/mol. The molecular weight excluding hydrogens is 286 g/mol. The maximum Gasteiger partial charge on any atom is 0.212 e. The second-order valence-electron chi connectivity index (χ2n) is 3.06. The molecular formula is C11H8BrN3O2. The van der Waals surface area contributed by atoms with Crippen molar-refractivity contribution in [2.75, 3.05) is 5.32 Å². The highest BCUT2D eigenvalue weighted by molar-refractivity contribution is 9.10. The molecule has 2 aromatic rings. The maximum atomic E-state index is 10.2. The zero-order valence-corrected chi connectivity index (χ0v) is 10.2. The molecule has 0 aromatic carbocycles. The molecule has 17 heavy (non-hydrogen) atoms. The molecule has 5 nitrogen and oxygen atoms in total. The van der Waals surface area contributed by atoms with Gasteiger partial charge in [-0.25, -0.2) is 9.97 Å². The van der Waals surface area contributed by atoms with Crippen LogP contribution in [0, 0.1) is 0 Å². The Morgan fingerprint density at radius 3 is 2.35 bits per heavy atom. The Kier molecular flexibility index (Phi) is 3.66. The van der Waals surface area contributed by atoms with Gasteiger partial charge in [-0.1, -0.05) is 0 Å². The van der Waals surface area contributed by atoms with Gasteiger partial charge >= 0.3 is 0 Å². The van der Waals surface area contributed by atoms with Gasteiger partial charge in [0, 0.05) is 0 Å². The van der Waals surface area contributed by atoms with Crippen LogP contribution in [-0.4, -0.2) is 16.4 Å². The summed E-state index contributed by atoms with van der Waals surface area (Å²) in [5.41, 5.74) is 0. The van der Waals surface area contributed by atoms with Crippen molar-refractivity contribution in [1.29, 1.82) is 0 Å². The van der Waals surface area contributed by atoms with E-state index in [1.165, 1.54) is 6.20 Å². The van der Waals surface area contributed by atoms with Crippen molar-refractivity contribution in [3.05, 3.63) is 41.3 Å². The van der Waals surface area contributed by atoms with Crippen molar-refractivity contribution in [2.24, 2.45) is 0 Å². The van der Waals surface area contributed by atoms with E-state index in [1.54, 1.807) is 30.5 Å². The largest absolute Gasteiger partial charge is 0.454 e. The average molecular weight is 294 g/mol. The van der Waals surface area contributed by atoms with E-state index < -0.39 is 0 Å². The molecule has 2 heterocycles. The first-order valence-corrected chi connectivity index (χ1v) is 5.53. The molecule has 0 fully saturated rings. The van der Waals surface area contributed by atoms with Crippen LogP contribution in [0.4, 0.5) is 5.82 Å². The van der Waals surface area contributed by atoms with Gasteiger partial charge in [0.2, 0.25) is 6.41 Å². The Hall–Kier alpha value is -1.95. The van der Waals surface area contributed by atoms with E-state index in [2.05, 4.69) is 31.2 Å². The summed E-state index contributed by atoms with van der Waals surface area (Å²) >= 11 is 3.24. The first-order chi connectivity index (χ1) is 8.28. The van der Waals surface area contributed by atoms with Crippen molar-refractivity contribution < 1.29 is 9.53 Å². The Balaban J connectivity index is 2.08. The molecule has 86 valence electrons. The van der Waals surface area contributed by atoms with Gasteiger partial charge in [-0.3, -0.25) is 4.79 Å². The number of nitrogens with zero attached hydrogens (tertiary/aromatic N) is 2. The SMILES string of the molecule is O=CNc1ccc(Oc2ccc(Br)nc2)cn1. The molecule has 0 radical (unpaired) electrons. The second kappa shape index (κ2) is 5.40. The molecule has 0 spiro atoms. The van der Waals surface area contributed by atoms with E-state index in [1.807, 2.05) is 0 Å². The highest BCUT2D eigenvalue weighted by Gasteiger charge is 1.99. The summed E-state index contributed by atoms with van der Waals surface area (Å²) in [4.78, 5) is 18.2. The summed E-state index contributed by atoms with van der Waals surface area (Å²) in [6.07, 6.45) is 3.69. The molecule has 1 N–H and O–H groups in total. The number of nitrogens with one attached hydrogen (secondary N) is 1. The van der Waals surface area contributed by atoms with Gasteiger partial charge < -0.3 is 10.1 Å². The number of hydrogen-bond donors (Lipinski definition) is 1. The molecule has 0 saturated heterocycles. The highest BCUT2D eigenvalue weighted by Crippen LogP contribution is 2.21. The molecule has 0 unspecified atom stereocenters. The fraction of sp³-hybridized carbons (Fsp3) is 0. The van der Waals surface area contributed by atoms with Crippen LogP contribution in [0.3, 0.4) is 0 Å². The van der Waals surface area contributed by atoms with Gasteiger partial charge in [-0.05, 0) is 40.2 Å². The standard InChI is InChI=1S/C11H8BrN3O2/c12-10-3-1-8(5-13-10)17-9-2-4-11(14-6-9)15-7-16/h1-7H,(H,14,15,16). The number of hydrogen-bond acceptors (Lipinski definition) is 4. The molecule has 2 aromatic heterocycles. The predicted octanol–water partition coefficient (Wildman–Crippen LogP) is 2.60. The predicted molar refractivity (Wildman–Crippen MR) is 65.9 cm³/mol. The Morgan fingerprint density at radius 2 is 1.82 bits per heavy atom. The zero-order valence-electron chi connectivity index (χ0n) is 8.63. The molecule has 0 aliphatic rings. The van der Waals surface area contributed by atoms with E-state index in [0.717, 1.165) is 4.60 Å². The minimum Gasteiger partial charge on any atom is -0.454 e. The van der Waals surface area contributed by atoms with Gasteiger partial charge in [-0.15, -0.1) is 0 Å². The van der Waals surface area contributed by atoms with E-state index in [4.69, 9.17) is 4.74 Å². The van der Waals surface area contributed by atoms with Crippen molar-refractivity contribution in [1.82, 2.24) is 9.97 Å². The normalized spacial score (nSPS) is 9.71. The van der Waals surface area contributed by atoms with E-state index in [0.29, 0.717) is 23.7 Å². The van der Waals surface area contributed by atoms with Crippen LogP contribution in [0.2, 0.25) is 0 Å². The van der Waals surface area contributed by atoms with Crippen LogP contribution in [-0.2, 0) is 4.79 Å². The van der Waals surface area contributed by atoms with Crippen LogP contribution in [0.15, 0.2) is 41.3 Å². The van der Waals surface area contributed by atoms with Gasteiger partial charge in [0.1, 0.15) is 21.9 Å². The van der Waals surface area contributed by atoms with Crippen LogP contribution in [0.1, 0.15) is 0 Å². The number of ether oxygens (including phenoxy) is 1. The van der Waals surface area contributed by atoms with E-state index >= 15 is 0 Å². The van der Waals surface area contributed by atoms with E-state index in [9.17, 15) is 4.79 Å². The smallest absolute Gasteiger partial charge is 0.212 e. The van der Waals surface area contributed by atoms with Gasteiger partial charge in [0.05, 0.1) is 12.4 Å². The minimum atomic E-state index is 0.473. The van der Waals surface area contributed by atoms with Crippen molar-refractivity contribution in [2.45, 2.75) is 0 Å². The Morgan fingerprint density at radius 1 is 1.12 bits per heavy atom. The lowest BCUT2D eigenvalue weighted by atomic mass is 10.4. The molecule has 0 atom stereocenters. The third kappa shape index (κ3) is 3.25. The first kappa shape index (κ1) is 11.5. The highest BCUT2D eigenvalue weighted by atomic mass is 79.9. The summed E-state index contributed by atoms with van der Waals surface area (Å²) in [5.74, 6) is 1.66. The van der Waals surface area contributed by atoms with Crippen molar-refractivity contribution in [3.8, 4) is 11.5 Å². The number of rotatable bonds is 4. The Labute approximate surface area is 106 Å². The third-order valence-corrected chi connectivity index (χ3v) is 2.35. The van der Waals surface area contributed by atoms with Crippen molar-refractivity contribution >= 4 is 28.2 Å². The van der Waals surface area contributed by atoms with Gasteiger partial charge in [0.15, 0.2) is 0 Å². The van der Waals surface area contributed by atoms with Gasteiger partial charge in [-0.2, -0.15) is 0 Å². The second-order valence-corrected chi connectivity index (χ2v) is 3.87. The summed E-state index contributed by atoms with van der Waals surface area (Å²) < 4.78 is 6.25. The van der Waals surface area contributed by atoms with Crippen molar-refractivity contribution in [3.63, 3.8) is 0 Å². The fourth-order valence-electron chi connectivity index (χ4n) is 1.15. The summed E-state index contributed by atoms with van der Waals surface area (Å²) in [6, 6.07) is 6.93. The molecule has 0 aliphatic carbocycles. The third-order valence-electron chi connectivity index (χ3n) is 1.88. The summed E-state index contributed by atoms with van der Waals surface area (Å²) in [5, 5.41) is 2.44. The topological polar surface area (TPSA) is 64.1 Å². The molecule has 0 aliphatic heterocycles. The number of pyridine rings is 2. The number of carbonyl (C=O) groups is 1. The van der Waals surface area contributed by atoms with Crippen LogP contribution >= 0.6 is 15.9 Å². The molecule has 0 saturated carbocycles. The lowest BCUT2D eigenvalue weighted by molar-refractivity contribution is -0.105. The number of amides is 1. The maximum absolute atomic E-state index is 10.2. The quantitative estimate of drug-likeness (QED) is 0.695. The Bertz CT molecular complexity index is 499. The lowest BCUT2D eigenvalue weighted by Crippen LogP contribution is -1.96. The summed E-state index contributed by atoms with van der Waals surface area (Å²) in [7, 11) is 0. The number of aromatic nitrogens is 2. The van der Waals surface area contributed by atoms with Crippen LogP contribution in [0.5, 0.6) is 11.5 Å². The number of halogens is 1. The summed E-state index contributed by atoms with van der Waals surface area (Å²) in [6.45, 7) is 0. The molecule has 6 heteroatoms. The van der Waals surface area contributed by atoms with Crippen LogP contribution < -0.4 is 10.1 Å². The lowest BCUT2D eigenvalue weighted by Gasteiger charge is -2.05. The fourth-order valence-corrected chi connectivity index (χ4v) is 1.38. The molecule has 0 bridgehead atoms. The average Bonchev–Trinajstić information content (AvgIpc) is 2.35. The number of anilines is 1. The zero-order chi connectivity index (χ0) is 12.1.